The largest absolute Gasteiger partial charge is 0.356 e. The van der Waals surface area contributed by atoms with Crippen LogP contribution in [0.1, 0.15) is 36.0 Å². The van der Waals surface area contributed by atoms with E-state index in [1.165, 1.54) is 0 Å². The topological polar surface area (TPSA) is 78.5 Å². The van der Waals surface area contributed by atoms with Gasteiger partial charge in [0.15, 0.2) is 0 Å². The number of carbonyl (C=O) groups is 3. The second kappa shape index (κ2) is 9.27. The van der Waals surface area contributed by atoms with Gasteiger partial charge in [0.25, 0.3) is 5.91 Å². The molecule has 7 heteroatoms. The van der Waals surface area contributed by atoms with E-state index >= 15 is 0 Å². The van der Waals surface area contributed by atoms with Gasteiger partial charge in [0, 0.05) is 49.6 Å². The monoisotopic (exact) mass is 351 g/mol. The lowest BCUT2D eigenvalue weighted by molar-refractivity contribution is -0.130. The second-order valence-corrected chi connectivity index (χ2v) is 6.14. The third-order valence-electron chi connectivity index (χ3n) is 3.86. The van der Waals surface area contributed by atoms with Crippen LogP contribution in [-0.4, -0.2) is 48.8 Å². The molecular weight excluding hydrogens is 330 g/mol. The molecule has 130 valence electrons. The number of amides is 3. The van der Waals surface area contributed by atoms with E-state index < -0.39 is 0 Å². The normalized spacial score (nSPS) is 13.6. The summed E-state index contributed by atoms with van der Waals surface area (Å²) < 4.78 is 0. The molecule has 24 heavy (non-hydrogen) atoms. The first-order valence-corrected chi connectivity index (χ1v) is 8.52. The van der Waals surface area contributed by atoms with Crippen molar-refractivity contribution in [2.45, 2.75) is 25.7 Å². The van der Waals surface area contributed by atoms with Gasteiger partial charge in [-0.05, 0) is 37.1 Å². The summed E-state index contributed by atoms with van der Waals surface area (Å²) >= 11 is 5.76. The number of nitrogens with zero attached hydrogens (tertiary/aromatic N) is 1. The maximum Gasteiger partial charge on any atom is 0.251 e. The molecule has 1 aliphatic rings. The number of hydrogen-bond acceptors (Lipinski definition) is 3. The number of rotatable bonds is 7. The first-order valence-electron chi connectivity index (χ1n) is 8.14. The molecule has 6 nitrogen and oxygen atoms in total. The van der Waals surface area contributed by atoms with Crippen LogP contribution in [0.25, 0.3) is 0 Å². The first-order chi connectivity index (χ1) is 11.6. The van der Waals surface area contributed by atoms with E-state index in [1.807, 2.05) is 4.90 Å². The molecule has 0 aliphatic carbocycles. The highest BCUT2D eigenvalue weighted by Crippen LogP contribution is 2.09. The van der Waals surface area contributed by atoms with Gasteiger partial charge in [-0.2, -0.15) is 0 Å². The van der Waals surface area contributed by atoms with Crippen LogP contribution in [0.3, 0.4) is 0 Å². The Morgan fingerprint density at radius 1 is 0.958 bits per heavy atom. The van der Waals surface area contributed by atoms with Gasteiger partial charge in [-0.1, -0.05) is 11.6 Å². The van der Waals surface area contributed by atoms with Crippen LogP contribution in [-0.2, 0) is 9.59 Å². The minimum absolute atomic E-state index is 0.0869. The van der Waals surface area contributed by atoms with Gasteiger partial charge in [-0.3, -0.25) is 14.4 Å². The Morgan fingerprint density at radius 3 is 2.25 bits per heavy atom. The summed E-state index contributed by atoms with van der Waals surface area (Å²) in [4.78, 5) is 37.2. The van der Waals surface area contributed by atoms with Gasteiger partial charge in [-0.15, -0.1) is 0 Å². The van der Waals surface area contributed by atoms with Crippen LogP contribution in [0.15, 0.2) is 24.3 Å². The number of nitrogens with one attached hydrogen (secondary N) is 2. The predicted octanol–water partition coefficient (Wildman–Crippen LogP) is 1.59. The summed E-state index contributed by atoms with van der Waals surface area (Å²) in [5.41, 5.74) is 0.496. The lowest BCUT2D eigenvalue weighted by Gasteiger charge is -2.15. The standard InChI is InChI=1S/C17H22ClN3O3/c18-14-5-3-13(4-6-14)17(24)20-9-7-15(22)19-10-8-16(23)21-11-1-2-12-21/h3-6H,1-2,7-12H2,(H,19,22)(H,20,24). The lowest BCUT2D eigenvalue weighted by atomic mass is 10.2. The molecule has 0 atom stereocenters. The van der Waals surface area contributed by atoms with Gasteiger partial charge in [0.1, 0.15) is 0 Å². The molecular formula is C17H22ClN3O3. The minimum atomic E-state index is -0.247. The van der Waals surface area contributed by atoms with E-state index in [0.717, 1.165) is 25.9 Å². The summed E-state index contributed by atoms with van der Waals surface area (Å²) in [5, 5.41) is 5.94. The number of likely N-dealkylation sites (tertiary alicyclic amines) is 1. The number of benzene rings is 1. The number of halogens is 1. The van der Waals surface area contributed by atoms with Crippen LogP contribution in [0.4, 0.5) is 0 Å². The van der Waals surface area contributed by atoms with Crippen molar-refractivity contribution in [3.8, 4) is 0 Å². The average Bonchev–Trinajstić information content (AvgIpc) is 3.10. The van der Waals surface area contributed by atoms with Crippen molar-refractivity contribution in [1.29, 1.82) is 0 Å². The van der Waals surface area contributed by atoms with Crippen LogP contribution < -0.4 is 10.6 Å². The zero-order valence-electron chi connectivity index (χ0n) is 13.5. The lowest BCUT2D eigenvalue weighted by Crippen LogP contribution is -2.34. The third kappa shape index (κ3) is 5.85. The van der Waals surface area contributed by atoms with Gasteiger partial charge < -0.3 is 15.5 Å². The van der Waals surface area contributed by atoms with E-state index in [1.54, 1.807) is 24.3 Å². The number of hydrogen-bond donors (Lipinski definition) is 2. The smallest absolute Gasteiger partial charge is 0.251 e. The summed E-state index contributed by atoms with van der Waals surface area (Å²) in [5.74, 6) is -0.340. The molecule has 0 spiro atoms. The van der Waals surface area contributed by atoms with E-state index in [0.29, 0.717) is 23.6 Å². The second-order valence-electron chi connectivity index (χ2n) is 5.70. The summed E-state index contributed by atoms with van der Waals surface area (Å²) in [6, 6.07) is 6.53. The Hall–Kier alpha value is -2.08. The predicted molar refractivity (Wildman–Crippen MR) is 91.8 cm³/mol. The third-order valence-corrected chi connectivity index (χ3v) is 4.12. The number of carbonyl (C=O) groups excluding carboxylic acids is 3. The fraction of sp³-hybridized carbons (Fsp3) is 0.471. The molecule has 2 rings (SSSR count). The highest BCUT2D eigenvalue weighted by Gasteiger charge is 2.17. The minimum Gasteiger partial charge on any atom is -0.356 e. The molecule has 1 fully saturated rings. The Morgan fingerprint density at radius 2 is 1.58 bits per heavy atom. The highest BCUT2D eigenvalue weighted by molar-refractivity contribution is 6.30. The molecule has 0 radical (unpaired) electrons. The molecule has 3 amide bonds. The SMILES string of the molecule is O=C(CCNC(=O)c1ccc(Cl)cc1)NCCC(=O)N1CCCC1. The Bertz CT molecular complexity index is 583. The fourth-order valence-corrected chi connectivity index (χ4v) is 2.64. The van der Waals surface area contributed by atoms with E-state index in [4.69, 9.17) is 11.6 Å². The molecule has 1 saturated heterocycles. The average molecular weight is 352 g/mol. The molecule has 0 unspecified atom stereocenters. The van der Waals surface area contributed by atoms with Crippen molar-refractivity contribution in [3.05, 3.63) is 34.9 Å². The van der Waals surface area contributed by atoms with Gasteiger partial charge in [-0.25, -0.2) is 0 Å². The molecule has 0 saturated carbocycles. The van der Waals surface area contributed by atoms with E-state index in [-0.39, 0.29) is 30.7 Å². The van der Waals surface area contributed by atoms with Crippen molar-refractivity contribution in [1.82, 2.24) is 15.5 Å². The maximum absolute atomic E-state index is 11.9. The van der Waals surface area contributed by atoms with Gasteiger partial charge >= 0.3 is 0 Å². The van der Waals surface area contributed by atoms with Crippen LogP contribution >= 0.6 is 11.6 Å². The van der Waals surface area contributed by atoms with Gasteiger partial charge in [0.05, 0.1) is 0 Å². The van der Waals surface area contributed by atoms with Crippen molar-refractivity contribution < 1.29 is 14.4 Å². The molecule has 1 aliphatic heterocycles. The molecule has 1 heterocycles. The molecule has 0 bridgehead atoms. The summed E-state index contributed by atoms with van der Waals surface area (Å²) in [7, 11) is 0. The van der Waals surface area contributed by atoms with Crippen molar-refractivity contribution in [3.63, 3.8) is 0 Å². The Kier molecular flexibility index (Phi) is 7.06. The van der Waals surface area contributed by atoms with Crippen LogP contribution in [0.5, 0.6) is 0 Å². The molecule has 1 aromatic rings. The van der Waals surface area contributed by atoms with E-state index in [9.17, 15) is 14.4 Å². The zero-order chi connectivity index (χ0) is 17.4. The van der Waals surface area contributed by atoms with E-state index in [2.05, 4.69) is 10.6 Å². The first kappa shape index (κ1) is 18.3. The molecule has 2 N–H and O–H groups in total. The summed E-state index contributed by atoms with van der Waals surface area (Å²) in [6.45, 7) is 2.22. The van der Waals surface area contributed by atoms with Crippen LogP contribution in [0, 0.1) is 0 Å². The quantitative estimate of drug-likeness (QED) is 0.783. The van der Waals surface area contributed by atoms with Crippen molar-refractivity contribution in [2.75, 3.05) is 26.2 Å². The Labute approximate surface area is 146 Å². The maximum atomic E-state index is 11.9. The van der Waals surface area contributed by atoms with Crippen molar-refractivity contribution >= 4 is 29.3 Å². The van der Waals surface area contributed by atoms with Gasteiger partial charge in [0.2, 0.25) is 11.8 Å². The molecule has 1 aromatic carbocycles. The zero-order valence-corrected chi connectivity index (χ0v) is 14.3. The fourth-order valence-electron chi connectivity index (χ4n) is 2.51. The van der Waals surface area contributed by atoms with Crippen LogP contribution in [0.2, 0.25) is 5.02 Å². The van der Waals surface area contributed by atoms with Crippen molar-refractivity contribution in [2.24, 2.45) is 0 Å². The molecule has 0 aromatic heterocycles. The summed E-state index contributed by atoms with van der Waals surface area (Å²) in [6.07, 6.45) is 2.62. The Balaban J connectivity index is 1.58. The highest BCUT2D eigenvalue weighted by atomic mass is 35.5.